The molecule has 2 aromatic carbocycles. The Morgan fingerprint density at radius 2 is 1.40 bits per heavy atom. The fourth-order valence-corrected chi connectivity index (χ4v) is 10.6. The number of nitrogens with two attached hydrogens (primary N) is 1. The first kappa shape index (κ1) is 46.8. The minimum Gasteiger partial charge on any atom is -0.548 e. The number of aliphatic carboxylic acids is 2. The van der Waals surface area contributed by atoms with Gasteiger partial charge in [0.15, 0.2) is 0 Å². The minimum atomic E-state index is -1.35. The monoisotopic (exact) mass is 862 g/mol. The molecular formula is C35H34ClFN6Na2O10S2. The van der Waals surface area contributed by atoms with Crippen LogP contribution in [0.15, 0.2) is 47.0 Å². The van der Waals surface area contributed by atoms with E-state index >= 15 is 0 Å². The van der Waals surface area contributed by atoms with Gasteiger partial charge in [-0.1, -0.05) is 35.0 Å². The number of aromatic hydroxyl groups is 1. The number of benzene rings is 2. The van der Waals surface area contributed by atoms with E-state index in [1.54, 1.807) is 27.7 Å². The van der Waals surface area contributed by atoms with E-state index in [2.05, 4.69) is 15.8 Å². The first-order chi connectivity index (χ1) is 25.7. The van der Waals surface area contributed by atoms with E-state index in [4.69, 9.17) is 21.9 Å². The number of carboxylic acids is 2. The van der Waals surface area contributed by atoms with Crippen molar-refractivity contribution in [3.8, 4) is 17.0 Å². The largest absolute Gasteiger partial charge is 1.00 e. The number of aryl methyl sites for hydroxylation is 1. The smallest absolute Gasteiger partial charge is 0.548 e. The number of aromatic nitrogens is 1. The van der Waals surface area contributed by atoms with Gasteiger partial charge in [0.05, 0.1) is 34.6 Å². The van der Waals surface area contributed by atoms with Crippen LogP contribution in [0.4, 0.5) is 4.39 Å². The molecule has 4 aliphatic rings. The van der Waals surface area contributed by atoms with Crippen molar-refractivity contribution in [3.05, 3.63) is 70.2 Å². The van der Waals surface area contributed by atoms with Crippen molar-refractivity contribution in [1.29, 1.82) is 0 Å². The van der Waals surface area contributed by atoms with E-state index in [-0.39, 0.29) is 92.5 Å². The molecule has 4 fully saturated rings. The Kier molecular flexibility index (Phi) is 14.3. The SMILES string of the molecule is CC1(C)S[C@@H]2[C@H](NC(=O)[C@H](N)c3ccc(O)cc3)C(=O)N2[C@H]1C(=O)[O-].Cc1onc(-c2c(F)cccc2Cl)c1C(=O)N[C@@H]1C(=O)N2[C@@H]1SC(C)(C)[C@@H]2C(=O)[O-].[Na+].[Na+]. The molecule has 1 aromatic heterocycles. The predicted octanol–water partition coefficient (Wildman–Crippen LogP) is -5.95. The number of fused-ring (bicyclic) bond motifs is 2. The zero-order chi connectivity index (χ0) is 40.5. The number of carboxylic acid groups (broad SMARTS) is 2. The molecule has 57 heavy (non-hydrogen) atoms. The zero-order valence-electron chi connectivity index (χ0n) is 31.7. The number of carbonyl (C=O) groups excluding carboxylic acids is 6. The Balaban J connectivity index is 0.000000248. The molecule has 0 aliphatic carbocycles. The van der Waals surface area contributed by atoms with Crippen LogP contribution in [0.25, 0.3) is 11.3 Å². The molecule has 292 valence electrons. The maximum atomic E-state index is 14.3. The van der Waals surface area contributed by atoms with Gasteiger partial charge in [-0.3, -0.25) is 19.2 Å². The molecule has 0 unspecified atom stereocenters. The molecule has 5 heterocycles. The Morgan fingerprint density at radius 3 is 1.88 bits per heavy atom. The Hall–Kier alpha value is -2.85. The van der Waals surface area contributed by atoms with Gasteiger partial charge in [0.1, 0.15) is 57.5 Å². The molecule has 16 nitrogen and oxygen atoms in total. The molecule has 5 N–H and O–H groups in total. The van der Waals surface area contributed by atoms with Crippen molar-refractivity contribution in [2.75, 3.05) is 0 Å². The summed E-state index contributed by atoms with van der Waals surface area (Å²) < 4.78 is 17.9. The number of hydrogen-bond acceptors (Lipinski definition) is 14. The fraction of sp³-hybridized carbons (Fsp3) is 0.400. The summed E-state index contributed by atoms with van der Waals surface area (Å²) in [5.74, 6) is -5.38. The third kappa shape index (κ3) is 8.47. The van der Waals surface area contributed by atoms with Gasteiger partial charge in [-0.15, -0.1) is 23.5 Å². The van der Waals surface area contributed by atoms with E-state index in [0.29, 0.717) is 5.56 Å². The van der Waals surface area contributed by atoms with Crippen LogP contribution in [0.5, 0.6) is 5.75 Å². The average Bonchev–Trinajstić information content (AvgIpc) is 3.70. The van der Waals surface area contributed by atoms with E-state index in [9.17, 15) is 48.5 Å². The third-order valence-electron chi connectivity index (χ3n) is 9.74. The van der Waals surface area contributed by atoms with Crippen molar-refractivity contribution in [2.24, 2.45) is 5.73 Å². The average molecular weight is 863 g/mol. The first-order valence-electron chi connectivity index (χ1n) is 16.7. The Labute approximate surface area is 383 Å². The second-order valence-electron chi connectivity index (χ2n) is 14.2. The van der Waals surface area contributed by atoms with Crippen molar-refractivity contribution in [3.63, 3.8) is 0 Å². The molecule has 0 saturated carbocycles. The molecule has 4 amide bonds. The normalized spacial score (nSPS) is 25.1. The van der Waals surface area contributed by atoms with Gasteiger partial charge >= 0.3 is 59.1 Å². The van der Waals surface area contributed by atoms with Gasteiger partial charge in [-0.05, 0) is 64.4 Å². The number of rotatable bonds is 8. The molecule has 22 heteroatoms. The summed E-state index contributed by atoms with van der Waals surface area (Å²) in [5, 5.41) is 40.1. The quantitative estimate of drug-likeness (QED) is 0.122. The number of amides is 4. The van der Waals surface area contributed by atoms with Crippen molar-refractivity contribution >= 4 is 70.7 Å². The number of phenolic OH excluding ortho intramolecular Hbond substituents is 1. The summed E-state index contributed by atoms with van der Waals surface area (Å²) in [5.41, 5.74) is 6.17. The number of hydrogen-bond donors (Lipinski definition) is 4. The first-order valence-corrected chi connectivity index (χ1v) is 18.8. The van der Waals surface area contributed by atoms with Crippen LogP contribution in [0.2, 0.25) is 5.02 Å². The molecule has 7 atom stereocenters. The van der Waals surface area contributed by atoms with Gasteiger partial charge < -0.3 is 55.6 Å². The zero-order valence-corrected chi connectivity index (χ0v) is 38.1. The van der Waals surface area contributed by atoms with Crippen LogP contribution >= 0.6 is 35.1 Å². The van der Waals surface area contributed by atoms with Crippen LogP contribution in [0.3, 0.4) is 0 Å². The Morgan fingerprint density at radius 1 is 0.912 bits per heavy atom. The van der Waals surface area contributed by atoms with Gasteiger partial charge in [0.2, 0.25) is 17.7 Å². The molecule has 0 spiro atoms. The molecule has 4 aliphatic heterocycles. The van der Waals surface area contributed by atoms with E-state index in [0.717, 1.165) is 0 Å². The van der Waals surface area contributed by atoms with Crippen molar-refractivity contribution in [2.45, 2.75) is 85.1 Å². The maximum absolute atomic E-state index is 14.3. The summed E-state index contributed by atoms with van der Waals surface area (Å²) >= 11 is 8.67. The van der Waals surface area contributed by atoms with Crippen molar-refractivity contribution in [1.82, 2.24) is 25.6 Å². The molecular weight excluding hydrogens is 829 g/mol. The number of nitrogens with one attached hydrogen (secondary N) is 2. The van der Waals surface area contributed by atoms with E-state index in [1.807, 2.05) is 0 Å². The van der Waals surface area contributed by atoms with Crippen LogP contribution in [-0.2, 0) is 24.0 Å². The van der Waals surface area contributed by atoms with E-state index in [1.165, 1.54) is 82.7 Å². The van der Waals surface area contributed by atoms with Crippen LogP contribution in [0.1, 0.15) is 55.4 Å². The minimum absolute atomic E-state index is 0. The number of β-lactam (4-membered cyclic amide) rings is 2. The Bertz CT molecular complexity index is 2110. The maximum Gasteiger partial charge on any atom is 1.00 e. The van der Waals surface area contributed by atoms with Crippen LogP contribution < -0.4 is 85.7 Å². The number of phenols is 1. The van der Waals surface area contributed by atoms with E-state index < -0.39 is 91.8 Å². The van der Waals surface area contributed by atoms with Gasteiger partial charge in [-0.25, -0.2) is 4.39 Å². The summed E-state index contributed by atoms with van der Waals surface area (Å²) in [6.07, 6.45) is 0. The molecule has 4 saturated heterocycles. The predicted molar refractivity (Wildman–Crippen MR) is 192 cm³/mol. The second kappa shape index (κ2) is 17.4. The van der Waals surface area contributed by atoms with Gasteiger partial charge in [0.25, 0.3) is 5.91 Å². The summed E-state index contributed by atoms with van der Waals surface area (Å²) in [6.45, 7) is 8.33. The third-order valence-corrected chi connectivity index (χ3v) is 13.2. The number of thioether (sulfide) groups is 2. The molecule has 3 aromatic rings. The number of carbonyl (C=O) groups is 6. The summed E-state index contributed by atoms with van der Waals surface area (Å²) in [6, 6.07) is 5.04. The second-order valence-corrected chi connectivity index (χ2v) is 18.2. The topological polar surface area (TPSA) is 251 Å². The molecule has 0 radical (unpaired) electrons. The van der Waals surface area contributed by atoms with Gasteiger partial charge in [0, 0.05) is 9.49 Å². The number of nitrogens with zero attached hydrogens (tertiary/aromatic N) is 3. The van der Waals surface area contributed by atoms with Gasteiger partial charge in [-0.2, -0.15) is 0 Å². The van der Waals surface area contributed by atoms with Crippen LogP contribution in [0, 0.1) is 12.7 Å². The standard InChI is InChI=1S/C19H17ClFN3O5S.C16H19N3O5S.2Na/c1-7-10(12(23-29-7)11-8(20)5-4-6-9(11)21)15(25)22-13-16(26)24-14(18(27)28)19(2,3)30-17(13)24;1-16(2)11(15(23)24)19-13(22)10(14(19)25-16)18-12(21)9(17)7-3-5-8(20)6-4-7;;/h4-6,13-14,17H,1-3H3,(H,22,25)(H,27,28);3-6,9-11,14,20H,17H2,1-2H3,(H,18,21)(H,23,24);;/q;;2*+1/p-2/t13-,14+,17-;9-,10-,11+,14-;;/m11../s1. The number of halogens is 2. The van der Waals surface area contributed by atoms with Crippen LogP contribution in [-0.4, -0.2) is 100 Å². The van der Waals surface area contributed by atoms with Crippen molar-refractivity contribution < 1.29 is 112 Å². The fourth-order valence-electron chi connectivity index (χ4n) is 7.08. The molecule has 0 bridgehead atoms. The summed E-state index contributed by atoms with van der Waals surface area (Å²) in [7, 11) is 0. The molecule has 7 rings (SSSR count). The summed E-state index contributed by atoms with van der Waals surface area (Å²) in [4.78, 5) is 75.5.